The lowest BCUT2D eigenvalue weighted by atomic mass is 9.97. The maximum atomic E-state index is 6.04. The van der Waals surface area contributed by atoms with Gasteiger partial charge in [-0.15, -0.1) is 0 Å². The van der Waals surface area contributed by atoms with Crippen LogP contribution in [0.4, 0.5) is 0 Å². The molecule has 0 aliphatic heterocycles. The highest BCUT2D eigenvalue weighted by Gasteiger charge is 2.05. The molecule has 2 nitrogen and oxygen atoms in total. The molecule has 1 aromatic carbocycles. The fourth-order valence-corrected chi connectivity index (χ4v) is 2.79. The second kappa shape index (κ2) is 7.05. The second-order valence-corrected chi connectivity index (χ2v) is 5.73. The Bertz CT molecular complexity index is 577. The largest absolute Gasteiger partial charge is 0.226 e. The van der Waals surface area contributed by atoms with Gasteiger partial charge in [0.25, 0.3) is 0 Å². The van der Waals surface area contributed by atoms with Gasteiger partial charge in [-0.2, -0.15) is 0 Å². The van der Waals surface area contributed by atoms with Gasteiger partial charge in [0, 0.05) is 11.8 Å². The standard InChI is InChI=1S/C16H18Cl2N2/c1-11-6-5-7-12(2)14(11)9-4-3-8-13-10-19-16(18)20-15(13)17/h5-7,10H,3-4,8-9H2,1-2H3. The number of nitrogens with zero attached hydrogens (tertiary/aromatic N) is 2. The van der Waals surface area contributed by atoms with E-state index in [2.05, 4.69) is 42.0 Å². The zero-order valence-corrected chi connectivity index (χ0v) is 13.3. The first-order chi connectivity index (χ1) is 9.58. The van der Waals surface area contributed by atoms with Crippen LogP contribution in [0.1, 0.15) is 35.1 Å². The molecule has 2 rings (SSSR count). The van der Waals surface area contributed by atoms with Crippen LogP contribution in [0.3, 0.4) is 0 Å². The van der Waals surface area contributed by atoms with Gasteiger partial charge in [-0.3, -0.25) is 0 Å². The third-order valence-corrected chi connectivity index (χ3v) is 4.06. The van der Waals surface area contributed by atoms with E-state index in [4.69, 9.17) is 23.2 Å². The Morgan fingerprint density at radius 3 is 2.30 bits per heavy atom. The molecule has 106 valence electrons. The summed E-state index contributed by atoms with van der Waals surface area (Å²) in [5.41, 5.74) is 5.18. The van der Waals surface area contributed by atoms with Crippen molar-refractivity contribution in [2.45, 2.75) is 39.5 Å². The lowest BCUT2D eigenvalue weighted by molar-refractivity contribution is 0.726. The smallest absolute Gasteiger partial charge is 0.223 e. The van der Waals surface area contributed by atoms with Crippen LogP contribution in [0.25, 0.3) is 0 Å². The van der Waals surface area contributed by atoms with E-state index in [1.807, 2.05) is 0 Å². The van der Waals surface area contributed by atoms with Gasteiger partial charge in [0.15, 0.2) is 0 Å². The number of unbranched alkanes of at least 4 members (excludes halogenated alkanes) is 1. The van der Waals surface area contributed by atoms with Crippen molar-refractivity contribution in [1.82, 2.24) is 9.97 Å². The number of aryl methyl sites for hydroxylation is 3. The fraction of sp³-hybridized carbons (Fsp3) is 0.375. The van der Waals surface area contributed by atoms with Crippen molar-refractivity contribution in [2.75, 3.05) is 0 Å². The van der Waals surface area contributed by atoms with E-state index in [0.29, 0.717) is 5.15 Å². The van der Waals surface area contributed by atoms with E-state index >= 15 is 0 Å². The molecular formula is C16H18Cl2N2. The average Bonchev–Trinajstić information content (AvgIpc) is 2.39. The molecule has 0 fully saturated rings. The summed E-state index contributed by atoms with van der Waals surface area (Å²) in [6, 6.07) is 6.46. The normalized spacial score (nSPS) is 10.8. The minimum absolute atomic E-state index is 0.203. The second-order valence-electron chi connectivity index (χ2n) is 5.03. The van der Waals surface area contributed by atoms with E-state index in [-0.39, 0.29) is 5.28 Å². The third kappa shape index (κ3) is 3.94. The summed E-state index contributed by atoms with van der Waals surface area (Å²) >= 11 is 11.7. The average molecular weight is 309 g/mol. The van der Waals surface area contributed by atoms with Gasteiger partial charge in [-0.1, -0.05) is 29.8 Å². The molecule has 0 saturated heterocycles. The molecule has 0 saturated carbocycles. The van der Waals surface area contributed by atoms with E-state index in [1.54, 1.807) is 6.20 Å². The molecule has 4 heteroatoms. The van der Waals surface area contributed by atoms with Crippen LogP contribution >= 0.6 is 23.2 Å². The first kappa shape index (κ1) is 15.3. The van der Waals surface area contributed by atoms with E-state index < -0.39 is 0 Å². The molecule has 0 amide bonds. The Hall–Kier alpha value is -1.12. The number of rotatable bonds is 5. The van der Waals surface area contributed by atoms with E-state index in [9.17, 15) is 0 Å². The maximum absolute atomic E-state index is 6.04. The molecule has 20 heavy (non-hydrogen) atoms. The Morgan fingerprint density at radius 1 is 1.00 bits per heavy atom. The monoisotopic (exact) mass is 308 g/mol. The molecule has 0 bridgehead atoms. The molecule has 0 atom stereocenters. The predicted molar refractivity (Wildman–Crippen MR) is 84.6 cm³/mol. The van der Waals surface area contributed by atoms with Crippen LogP contribution in [0.2, 0.25) is 10.4 Å². The van der Waals surface area contributed by atoms with Crippen molar-refractivity contribution in [3.8, 4) is 0 Å². The van der Waals surface area contributed by atoms with Gasteiger partial charge in [0.05, 0.1) is 0 Å². The Labute approximate surface area is 130 Å². The van der Waals surface area contributed by atoms with Gasteiger partial charge < -0.3 is 0 Å². The fourth-order valence-electron chi connectivity index (χ4n) is 2.39. The lowest BCUT2D eigenvalue weighted by Crippen LogP contribution is -1.96. The van der Waals surface area contributed by atoms with Crippen LogP contribution in [0.5, 0.6) is 0 Å². The first-order valence-corrected chi connectivity index (χ1v) is 7.55. The van der Waals surface area contributed by atoms with Crippen molar-refractivity contribution < 1.29 is 0 Å². The summed E-state index contributed by atoms with van der Waals surface area (Å²) < 4.78 is 0. The summed E-state index contributed by atoms with van der Waals surface area (Å²) in [6.45, 7) is 4.35. The van der Waals surface area contributed by atoms with Gasteiger partial charge >= 0.3 is 0 Å². The zero-order valence-electron chi connectivity index (χ0n) is 11.8. The number of aromatic nitrogens is 2. The molecule has 2 aromatic rings. The Balaban J connectivity index is 1.88. The van der Waals surface area contributed by atoms with Crippen LogP contribution < -0.4 is 0 Å². The maximum Gasteiger partial charge on any atom is 0.223 e. The van der Waals surface area contributed by atoms with Crippen molar-refractivity contribution in [2.24, 2.45) is 0 Å². The zero-order chi connectivity index (χ0) is 14.5. The van der Waals surface area contributed by atoms with Crippen LogP contribution in [0.15, 0.2) is 24.4 Å². The number of hydrogen-bond acceptors (Lipinski definition) is 2. The molecule has 1 aromatic heterocycles. The molecular weight excluding hydrogens is 291 g/mol. The van der Waals surface area contributed by atoms with E-state index in [0.717, 1.165) is 31.2 Å². The molecule has 0 aliphatic carbocycles. The number of benzene rings is 1. The molecule has 1 heterocycles. The SMILES string of the molecule is Cc1cccc(C)c1CCCCc1cnc(Cl)nc1Cl. The third-order valence-electron chi connectivity index (χ3n) is 3.55. The van der Waals surface area contributed by atoms with Gasteiger partial charge in [-0.25, -0.2) is 9.97 Å². The van der Waals surface area contributed by atoms with Gasteiger partial charge in [0.1, 0.15) is 5.15 Å². The topological polar surface area (TPSA) is 25.8 Å². The van der Waals surface area contributed by atoms with E-state index in [1.165, 1.54) is 16.7 Å². The van der Waals surface area contributed by atoms with Crippen molar-refractivity contribution >= 4 is 23.2 Å². The molecule has 0 unspecified atom stereocenters. The molecule has 0 spiro atoms. The number of halogens is 2. The highest BCUT2D eigenvalue weighted by molar-refractivity contribution is 6.32. The lowest BCUT2D eigenvalue weighted by Gasteiger charge is -2.09. The highest BCUT2D eigenvalue weighted by atomic mass is 35.5. The molecule has 0 aliphatic rings. The quantitative estimate of drug-likeness (QED) is 0.443. The molecule has 0 N–H and O–H groups in total. The summed E-state index contributed by atoms with van der Waals surface area (Å²) in [4.78, 5) is 7.93. The highest BCUT2D eigenvalue weighted by Crippen LogP contribution is 2.19. The van der Waals surface area contributed by atoms with Crippen LogP contribution in [0, 0.1) is 13.8 Å². The summed E-state index contributed by atoms with van der Waals surface area (Å²) in [5.74, 6) is 0. The molecule has 0 radical (unpaired) electrons. The minimum atomic E-state index is 0.203. The van der Waals surface area contributed by atoms with Crippen molar-refractivity contribution in [1.29, 1.82) is 0 Å². The van der Waals surface area contributed by atoms with Crippen molar-refractivity contribution in [3.05, 3.63) is 57.1 Å². The van der Waals surface area contributed by atoms with Gasteiger partial charge in [-0.05, 0) is 67.8 Å². The van der Waals surface area contributed by atoms with Crippen LogP contribution in [-0.2, 0) is 12.8 Å². The Morgan fingerprint density at radius 2 is 1.65 bits per heavy atom. The predicted octanol–water partition coefficient (Wildman–Crippen LogP) is 4.97. The summed E-state index contributed by atoms with van der Waals surface area (Å²) in [6.07, 6.45) is 5.91. The first-order valence-electron chi connectivity index (χ1n) is 6.80. The minimum Gasteiger partial charge on any atom is -0.226 e. The summed E-state index contributed by atoms with van der Waals surface area (Å²) in [5, 5.41) is 0.673. The van der Waals surface area contributed by atoms with Gasteiger partial charge in [0.2, 0.25) is 5.28 Å². The van der Waals surface area contributed by atoms with Crippen LogP contribution in [-0.4, -0.2) is 9.97 Å². The number of hydrogen-bond donors (Lipinski definition) is 0. The summed E-state index contributed by atoms with van der Waals surface area (Å²) in [7, 11) is 0. The van der Waals surface area contributed by atoms with Crippen molar-refractivity contribution in [3.63, 3.8) is 0 Å². The Kier molecular flexibility index (Phi) is 5.38.